The highest BCUT2D eigenvalue weighted by molar-refractivity contribution is 7.80. The Bertz CT molecular complexity index is 604. The largest absolute Gasteiger partial charge is 0.389 e. The van der Waals surface area contributed by atoms with Gasteiger partial charge in [0.25, 0.3) is 0 Å². The van der Waals surface area contributed by atoms with Gasteiger partial charge in [-0.25, -0.2) is 9.37 Å². The molecule has 0 unspecified atom stereocenters. The van der Waals surface area contributed by atoms with E-state index in [-0.39, 0.29) is 16.4 Å². The Morgan fingerprint density at radius 1 is 1.44 bits per heavy atom. The number of thiocarbonyl (C=S) groups is 1. The van der Waals surface area contributed by atoms with Crippen molar-refractivity contribution in [2.75, 3.05) is 0 Å². The summed E-state index contributed by atoms with van der Waals surface area (Å²) < 4.78 is 16.0. The van der Waals surface area contributed by atoms with Crippen LogP contribution in [0.3, 0.4) is 0 Å². The number of nitrogens with two attached hydrogens (primary N) is 1. The third-order valence-electron chi connectivity index (χ3n) is 3.03. The van der Waals surface area contributed by atoms with Crippen LogP contribution in [0.4, 0.5) is 4.39 Å². The highest BCUT2D eigenvalue weighted by atomic mass is 32.1. The first-order valence-corrected chi connectivity index (χ1v) is 5.97. The minimum absolute atomic E-state index is 0.0767. The number of halogens is 1. The lowest BCUT2D eigenvalue weighted by Crippen LogP contribution is -2.14. The molecular formula is C13H14FN3S. The lowest BCUT2D eigenvalue weighted by Gasteiger charge is -2.09. The van der Waals surface area contributed by atoms with Crippen molar-refractivity contribution >= 4 is 17.2 Å². The molecule has 1 aromatic heterocycles. The average Bonchev–Trinajstić information content (AvgIpc) is 2.63. The van der Waals surface area contributed by atoms with E-state index in [9.17, 15) is 4.39 Å². The van der Waals surface area contributed by atoms with Gasteiger partial charge in [0.15, 0.2) is 0 Å². The van der Waals surface area contributed by atoms with E-state index in [2.05, 4.69) is 4.98 Å². The van der Waals surface area contributed by atoms with Gasteiger partial charge in [-0.05, 0) is 19.9 Å². The zero-order valence-corrected chi connectivity index (χ0v) is 11.1. The molecule has 0 saturated heterocycles. The van der Waals surface area contributed by atoms with Crippen LogP contribution < -0.4 is 5.73 Å². The summed E-state index contributed by atoms with van der Waals surface area (Å²) in [6.07, 6.45) is 1.71. The second-order valence-electron chi connectivity index (χ2n) is 4.19. The number of nitrogens with zero attached hydrogens (tertiary/aromatic N) is 2. The lowest BCUT2D eigenvalue weighted by atomic mass is 10.1. The molecule has 5 heteroatoms. The quantitative estimate of drug-likeness (QED) is 0.864. The Kier molecular flexibility index (Phi) is 3.43. The van der Waals surface area contributed by atoms with Crippen LogP contribution in [-0.2, 0) is 6.54 Å². The Hall–Kier alpha value is -1.75. The number of aryl methyl sites for hydroxylation is 1. The van der Waals surface area contributed by atoms with E-state index in [0.717, 1.165) is 11.4 Å². The smallest absolute Gasteiger partial charge is 0.138 e. The maximum absolute atomic E-state index is 14.1. The van der Waals surface area contributed by atoms with E-state index >= 15 is 0 Å². The van der Waals surface area contributed by atoms with Gasteiger partial charge in [0.1, 0.15) is 10.8 Å². The van der Waals surface area contributed by atoms with Crippen molar-refractivity contribution in [1.82, 2.24) is 9.55 Å². The number of benzene rings is 1. The molecule has 94 valence electrons. The molecule has 1 aromatic carbocycles. The predicted molar refractivity (Wildman–Crippen MR) is 73.1 cm³/mol. The summed E-state index contributed by atoms with van der Waals surface area (Å²) in [7, 11) is 0. The van der Waals surface area contributed by atoms with E-state index in [1.54, 1.807) is 24.5 Å². The third-order valence-corrected chi connectivity index (χ3v) is 3.25. The van der Waals surface area contributed by atoms with Gasteiger partial charge in [0.05, 0.1) is 18.6 Å². The summed E-state index contributed by atoms with van der Waals surface area (Å²) >= 11 is 4.82. The van der Waals surface area contributed by atoms with Crippen LogP contribution >= 0.6 is 12.2 Å². The van der Waals surface area contributed by atoms with Crippen LogP contribution in [0.15, 0.2) is 24.5 Å². The number of rotatable bonds is 3. The maximum atomic E-state index is 14.1. The fraction of sp³-hybridized carbons (Fsp3) is 0.231. The highest BCUT2D eigenvalue weighted by Crippen LogP contribution is 2.16. The molecule has 0 bridgehead atoms. The van der Waals surface area contributed by atoms with Crippen molar-refractivity contribution < 1.29 is 4.39 Å². The molecule has 0 atom stereocenters. The van der Waals surface area contributed by atoms with E-state index in [1.807, 2.05) is 18.4 Å². The van der Waals surface area contributed by atoms with Gasteiger partial charge >= 0.3 is 0 Å². The van der Waals surface area contributed by atoms with E-state index < -0.39 is 0 Å². The number of aromatic nitrogens is 2. The summed E-state index contributed by atoms with van der Waals surface area (Å²) in [5, 5.41) is 0. The molecule has 0 aliphatic heterocycles. The topological polar surface area (TPSA) is 43.8 Å². The van der Waals surface area contributed by atoms with Crippen LogP contribution in [0.25, 0.3) is 0 Å². The number of hydrogen-bond donors (Lipinski definition) is 1. The van der Waals surface area contributed by atoms with Gasteiger partial charge in [-0.1, -0.05) is 24.4 Å². The lowest BCUT2D eigenvalue weighted by molar-refractivity contribution is 0.595. The molecule has 2 N–H and O–H groups in total. The molecule has 0 aliphatic rings. The van der Waals surface area contributed by atoms with Gasteiger partial charge < -0.3 is 10.3 Å². The summed E-state index contributed by atoms with van der Waals surface area (Å²) in [4.78, 5) is 4.27. The van der Waals surface area contributed by atoms with Gasteiger partial charge in [-0.3, -0.25) is 0 Å². The van der Waals surface area contributed by atoms with Crippen LogP contribution in [0.5, 0.6) is 0 Å². The third kappa shape index (κ3) is 2.26. The second-order valence-corrected chi connectivity index (χ2v) is 4.63. The summed E-state index contributed by atoms with van der Waals surface area (Å²) in [6, 6.07) is 5.07. The molecule has 0 radical (unpaired) electrons. The zero-order valence-electron chi connectivity index (χ0n) is 10.3. The standard InChI is InChI=1S/C13H14FN3S/c1-8-9(2)17(7-16-8)6-10-4-3-5-11(12(10)14)13(15)18/h3-5,7H,6H2,1-2H3,(H2,15,18). The molecule has 1 heterocycles. The fourth-order valence-corrected chi connectivity index (χ4v) is 1.94. The summed E-state index contributed by atoms with van der Waals surface area (Å²) in [6.45, 7) is 4.31. The predicted octanol–water partition coefficient (Wildman–Crippen LogP) is 2.32. The molecule has 2 aromatic rings. The first kappa shape index (κ1) is 12.7. The van der Waals surface area contributed by atoms with Crippen LogP contribution in [0.1, 0.15) is 22.5 Å². The SMILES string of the molecule is Cc1ncn(Cc2cccc(C(N)=S)c2F)c1C. The van der Waals surface area contributed by atoms with Crippen LogP contribution in [0.2, 0.25) is 0 Å². The minimum Gasteiger partial charge on any atom is -0.389 e. The van der Waals surface area contributed by atoms with Gasteiger partial charge in [-0.15, -0.1) is 0 Å². The molecule has 3 nitrogen and oxygen atoms in total. The van der Waals surface area contributed by atoms with Crippen molar-refractivity contribution in [2.24, 2.45) is 5.73 Å². The molecule has 0 fully saturated rings. The zero-order chi connectivity index (χ0) is 13.3. The Balaban J connectivity index is 2.38. The van der Waals surface area contributed by atoms with Gasteiger partial charge in [0.2, 0.25) is 0 Å². The number of hydrogen-bond acceptors (Lipinski definition) is 2. The normalized spacial score (nSPS) is 10.6. The summed E-state index contributed by atoms with van der Waals surface area (Å²) in [5.74, 6) is -0.351. The van der Waals surface area contributed by atoms with Crippen molar-refractivity contribution in [3.63, 3.8) is 0 Å². The van der Waals surface area contributed by atoms with E-state index in [1.165, 1.54) is 0 Å². The van der Waals surface area contributed by atoms with E-state index in [4.69, 9.17) is 18.0 Å². The average molecular weight is 263 g/mol. The Morgan fingerprint density at radius 3 is 2.72 bits per heavy atom. The first-order chi connectivity index (χ1) is 8.50. The monoisotopic (exact) mass is 263 g/mol. The van der Waals surface area contributed by atoms with Crippen molar-refractivity contribution in [3.05, 3.63) is 52.9 Å². The van der Waals surface area contributed by atoms with Crippen LogP contribution in [0, 0.1) is 19.7 Å². The van der Waals surface area contributed by atoms with Gasteiger partial charge in [-0.2, -0.15) is 0 Å². The van der Waals surface area contributed by atoms with E-state index in [0.29, 0.717) is 12.1 Å². The summed E-state index contributed by atoms with van der Waals surface area (Å²) in [5.41, 5.74) is 8.30. The number of imidazole rings is 1. The molecule has 0 spiro atoms. The molecule has 0 aliphatic carbocycles. The molecule has 2 rings (SSSR count). The highest BCUT2D eigenvalue weighted by Gasteiger charge is 2.11. The first-order valence-electron chi connectivity index (χ1n) is 5.56. The molecule has 0 amide bonds. The van der Waals surface area contributed by atoms with Gasteiger partial charge in [0, 0.05) is 16.8 Å². The van der Waals surface area contributed by atoms with Crippen molar-refractivity contribution in [2.45, 2.75) is 20.4 Å². The molecular weight excluding hydrogens is 249 g/mol. The Labute approximate surface area is 110 Å². The second kappa shape index (κ2) is 4.86. The van der Waals surface area contributed by atoms with Crippen molar-refractivity contribution in [3.8, 4) is 0 Å². The molecule has 18 heavy (non-hydrogen) atoms. The Morgan fingerprint density at radius 2 is 2.17 bits per heavy atom. The van der Waals surface area contributed by atoms with Crippen LogP contribution in [-0.4, -0.2) is 14.5 Å². The van der Waals surface area contributed by atoms with Crippen molar-refractivity contribution in [1.29, 1.82) is 0 Å². The molecule has 0 saturated carbocycles. The fourth-order valence-electron chi connectivity index (χ4n) is 1.78. The minimum atomic E-state index is -0.351. The maximum Gasteiger partial charge on any atom is 0.138 e.